The number of nitrogens with zero attached hydrogens (tertiary/aromatic N) is 3. The lowest BCUT2D eigenvalue weighted by atomic mass is 9.94. The van der Waals surface area contributed by atoms with E-state index in [1.54, 1.807) is 31.5 Å². The Kier molecular flexibility index (Phi) is 6.56. The number of fused-ring (bicyclic) bond motifs is 1. The molecule has 1 aliphatic heterocycles. The molecule has 1 unspecified atom stereocenters. The van der Waals surface area contributed by atoms with E-state index in [1.165, 1.54) is 18.4 Å². The molecule has 1 aromatic carbocycles. The number of aromatic nitrogens is 2. The molecule has 0 amide bonds. The molecule has 7 nitrogen and oxygen atoms in total. The van der Waals surface area contributed by atoms with Gasteiger partial charge in [-0.25, -0.2) is 4.98 Å². The topological polar surface area (TPSA) is 72.7 Å². The molecule has 11 heteroatoms. The molecule has 3 heterocycles. The first-order valence-electron chi connectivity index (χ1n) is 10.7. The lowest BCUT2D eigenvalue weighted by Gasteiger charge is -2.27. The Morgan fingerprint density at radius 3 is 2.70 bits per heavy atom. The number of hydrogen-bond donors (Lipinski definition) is 1. The number of alkyl halides is 3. The molecule has 3 aromatic rings. The van der Waals surface area contributed by atoms with Gasteiger partial charge in [-0.1, -0.05) is 6.42 Å². The van der Waals surface area contributed by atoms with Crippen LogP contribution in [0.3, 0.4) is 0 Å². The molecular weight excluding hydrogens is 457 g/mol. The number of oxazole rings is 1. The number of methoxy groups -OCH3 is 1. The zero-order valence-electron chi connectivity index (χ0n) is 19.0. The van der Waals surface area contributed by atoms with Crippen LogP contribution in [-0.2, 0) is 10.3 Å². The molecule has 2 aromatic heterocycles. The summed E-state index contributed by atoms with van der Waals surface area (Å²) < 4.78 is 56.6. The van der Waals surface area contributed by atoms with Gasteiger partial charge in [0.2, 0.25) is 0 Å². The third-order valence-electron chi connectivity index (χ3n) is 6.00. The first-order valence-corrected chi connectivity index (χ1v) is 11.6. The van der Waals surface area contributed by atoms with Crippen molar-refractivity contribution in [2.75, 3.05) is 32.1 Å². The van der Waals surface area contributed by atoms with E-state index in [2.05, 4.69) is 20.0 Å². The third kappa shape index (κ3) is 4.95. The van der Waals surface area contributed by atoms with Gasteiger partial charge >= 0.3 is 6.36 Å². The average Bonchev–Trinajstić information content (AvgIpc) is 3.39. The summed E-state index contributed by atoms with van der Waals surface area (Å²) in [6.07, 6.45) is -0.290. The molecule has 0 aliphatic carbocycles. The molecule has 1 N–H and O–H groups in total. The summed E-state index contributed by atoms with van der Waals surface area (Å²) in [6, 6.07) is 2.10. The summed E-state index contributed by atoms with van der Waals surface area (Å²) in [5, 5.41) is 5.69. The van der Waals surface area contributed by atoms with Gasteiger partial charge in [0.25, 0.3) is 6.01 Å². The molecular formula is C22H27F3N4O3S. The largest absolute Gasteiger partial charge is 0.573 e. The van der Waals surface area contributed by atoms with Crippen molar-refractivity contribution in [1.29, 1.82) is 0 Å². The van der Waals surface area contributed by atoms with Crippen LogP contribution in [0.15, 0.2) is 22.1 Å². The van der Waals surface area contributed by atoms with Crippen molar-refractivity contribution in [3.8, 4) is 16.3 Å². The highest BCUT2D eigenvalue weighted by Gasteiger charge is 2.38. The third-order valence-corrected chi connectivity index (χ3v) is 6.80. The Morgan fingerprint density at radius 1 is 1.27 bits per heavy atom. The average molecular weight is 485 g/mol. The zero-order valence-corrected chi connectivity index (χ0v) is 19.8. The Labute approximate surface area is 193 Å². The van der Waals surface area contributed by atoms with Crippen LogP contribution in [0.2, 0.25) is 0 Å². The zero-order chi connectivity index (χ0) is 23.8. The molecule has 0 radical (unpaired) electrons. The minimum atomic E-state index is -4.91. The summed E-state index contributed by atoms with van der Waals surface area (Å²) in [7, 11) is 3.34. The number of ether oxygens (including phenoxy) is 2. The van der Waals surface area contributed by atoms with E-state index in [4.69, 9.17) is 9.15 Å². The molecule has 0 spiro atoms. The molecule has 1 atom stereocenters. The summed E-state index contributed by atoms with van der Waals surface area (Å²) in [5.74, 6) is -0.417. The molecule has 180 valence electrons. The molecule has 0 bridgehead atoms. The normalized spacial score (nSPS) is 18.0. The van der Waals surface area contributed by atoms with Gasteiger partial charge in [-0.15, -0.1) is 24.5 Å². The standard InChI is InChI=1S/C22H27F3N4O3S/c1-21(2,30-4)15-11-14(19-27-8-10-33-19)17-16(18(15)32-22(23,24)25)28-20(31-17)29-9-6-5-7-13(12-29)26-3/h8,10-11,13,26H,5-7,9,12H2,1-4H3. The van der Waals surface area contributed by atoms with E-state index in [9.17, 15) is 13.2 Å². The Morgan fingerprint density at radius 2 is 2.06 bits per heavy atom. The van der Waals surface area contributed by atoms with E-state index in [1.807, 2.05) is 11.9 Å². The smallest absolute Gasteiger partial charge is 0.422 e. The summed E-state index contributed by atoms with van der Waals surface area (Å²) in [4.78, 5) is 10.9. The van der Waals surface area contributed by atoms with Crippen LogP contribution < -0.4 is 15.0 Å². The number of rotatable bonds is 6. The quantitative estimate of drug-likeness (QED) is 0.508. The molecule has 1 fully saturated rings. The van der Waals surface area contributed by atoms with E-state index in [0.717, 1.165) is 19.3 Å². The van der Waals surface area contributed by atoms with Gasteiger partial charge in [-0.3, -0.25) is 0 Å². The van der Waals surface area contributed by atoms with Crippen LogP contribution in [0.4, 0.5) is 19.2 Å². The predicted molar refractivity (Wildman–Crippen MR) is 121 cm³/mol. The molecule has 1 saturated heterocycles. The first kappa shape index (κ1) is 23.8. The fourth-order valence-corrected chi connectivity index (χ4v) is 4.68. The van der Waals surface area contributed by atoms with Gasteiger partial charge < -0.3 is 24.1 Å². The molecule has 1 aliphatic rings. The van der Waals surface area contributed by atoms with Crippen LogP contribution in [0.1, 0.15) is 38.7 Å². The van der Waals surface area contributed by atoms with Crippen molar-refractivity contribution >= 4 is 28.5 Å². The van der Waals surface area contributed by atoms with Crippen LogP contribution in [-0.4, -0.2) is 49.6 Å². The Bertz CT molecular complexity index is 1100. The highest BCUT2D eigenvalue weighted by molar-refractivity contribution is 7.13. The Balaban J connectivity index is 1.96. The summed E-state index contributed by atoms with van der Waals surface area (Å²) in [6.45, 7) is 4.69. The van der Waals surface area contributed by atoms with Crippen molar-refractivity contribution in [3.63, 3.8) is 0 Å². The van der Waals surface area contributed by atoms with Gasteiger partial charge in [0.1, 0.15) is 5.01 Å². The van der Waals surface area contributed by atoms with Crippen molar-refractivity contribution in [3.05, 3.63) is 23.2 Å². The van der Waals surface area contributed by atoms with Crippen LogP contribution in [0.25, 0.3) is 21.7 Å². The minimum absolute atomic E-state index is 0.000375. The number of benzene rings is 1. The summed E-state index contributed by atoms with van der Waals surface area (Å²) >= 11 is 1.36. The van der Waals surface area contributed by atoms with Gasteiger partial charge in [0, 0.05) is 43.4 Å². The van der Waals surface area contributed by atoms with E-state index in [-0.39, 0.29) is 28.7 Å². The number of nitrogens with one attached hydrogen (secondary N) is 1. The van der Waals surface area contributed by atoms with Crippen LogP contribution in [0.5, 0.6) is 5.75 Å². The lowest BCUT2D eigenvalue weighted by molar-refractivity contribution is -0.274. The highest BCUT2D eigenvalue weighted by atomic mass is 32.1. The number of likely N-dealkylation sites (N-methyl/N-ethyl adjacent to an activating group) is 1. The van der Waals surface area contributed by atoms with Crippen molar-refractivity contribution in [2.45, 2.75) is 51.1 Å². The second-order valence-electron chi connectivity index (χ2n) is 8.50. The first-order chi connectivity index (χ1) is 15.6. The maximum Gasteiger partial charge on any atom is 0.573 e. The second-order valence-corrected chi connectivity index (χ2v) is 9.40. The van der Waals surface area contributed by atoms with Gasteiger partial charge in [-0.05, 0) is 39.8 Å². The van der Waals surface area contributed by atoms with Crippen LogP contribution >= 0.6 is 11.3 Å². The van der Waals surface area contributed by atoms with Crippen LogP contribution in [0, 0.1) is 0 Å². The second kappa shape index (κ2) is 9.11. The minimum Gasteiger partial charge on any atom is -0.422 e. The summed E-state index contributed by atoms with van der Waals surface area (Å²) in [5.41, 5.74) is -0.113. The maximum atomic E-state index is 13.5. The number of halogens is 3. The van der Waals surface area contributed by atoms with Gasteiger partial charge in [-0.2, -0.15) is 4.98 Å². The molecule has 0 saturated carbocycles. The van der Waals surface area contributed by atoms with Crippen molar-refractivity contribution < 1.29 is 27.1 Å². The van der Waals surface area contributed by atoms with Gasteiger partial charge in [0.15, 0.2) is 16.8 Å². The number of thiazole rings is 1. The fourth-order valence-electron chi connectivity index (χ4n) is 4.03. The van der Waals surface area contributed by atoms with Crippen molar-refractivity contribution in [1.82, 2.24) is 15.3 Å². The van der Waals surface area contributed by atoms with E-state index < -0.39 is 17.7 Å². The number of anilines is 1. The monoisotopic (exact) mass is 484 g/mol. The predicted octanol–water partition coefficient (Wildman–Crippen LogP) is 5.31. The van der Waals surface area contributed by atoms with E-state index in [0.29, 0.717) is 23.7 Å². The van der Waals surface area contributed by atoms with Crippen molar-refractivity contribution in [2.24, 2.45) is 0 Å². The SMILES string of the molecule is CNC1CCCCN(c2nc3c(OC(F)(F)F)c(C(C)(C)OC)cc(-c4nccs4)c3o2)C1. The lowest BCUT2D eigenvalue weighted by Crippen LogP contribution is -2.38. The molecule has 4 rings (SSSR count). The molecule has 33 heavy (non-hydrogen) atoms. The number of hydrogen-bond acceptors (Lipinski definition) is 8. The highest BCUT2D eigenvalue weighted by Crippen LogP contribution is 2.46. The maximum absolute atomic E-state index is 13.5. The fraction of sp³-hybridized carbons (Fsp3) is 0.545. The van der Waals surface area contributed by atoms with E-state index >= 15 is 0 Å². The Hall–Kier alpha value is -2.37. The van der Waals surface area contributed by atoms with Gasteiger partial charge in [0.05, 0.1) is 11.2 Å².